The number of carbonyl (C=O) groups is 4. The van der Waals surface area contributed by atoms with Crippen LogP contribution < -0.4 is 0 Å². The molecule has 0 aliphatic heterocycles. The smallest absolute Gasteiger partial charge is 0.333 e. The summed E-state index contributed by atoms with van der Waals surface area (Å²) in [6, 6.07) is 0. The lowest BCUT2D eigenvalue weighted by Gasteiger charge is -2.31. The van der Waals surface area contributed by atoms with Gasteiger partial charge in [-0.1, -0.05) is 25.3 Å². The molecule has 2 N–H and O–H groups in total. The lowest BCUT2D eigenvalue weighted by atomic mass is 9.81. The minimum Gasteiger partial charge on any atom is -0.478 e. The number of carbonyl (C=O) groups excluding carboxylic acids is 2. The van der Waals surface area contributed by atoms with Crippen LogP contribution in [0.15, 0.2) is 47.6 Å². The molecule has 0 fully saturated rings. The van der Waals surface area contributed by atoms with Crippen molar-refractivity contribution in [1.82, 2.24) is 0 Å². The second-order valence-electron chi connectivity index (χ2n) is 7.01. The molecular weight excluding hydrogens is 380 g/mol. The first-order chi connectivity index (χ1) is 13.3. The van der Waals surface area contributed by atoms with Gasteiger partial charge in [0.15, 0.2) is 0 Å². The Balaban J connectivity index is 5.96. The van der Waals surface area contributed by atoms with Crippen LogP contribution in [0, 0.1) is 5.41 Å². The average molecular weight is 408 g/mol. The second kappa shape index (κ2) is 11.6. The Kier molecular flexibility index (Phi) is 10.4. The van der Waals surface area contributed by atoms with Gasteiger partial charge in [-0.05, 0) is 40.5 Å². The SMILES string of the molecule is C=C(C)C(=O)OCC(CC=C(C)C(=O)O)(CC=C(C)C(=O)O)COC(=O)C(=C)C. The first-order valence-corrected chi connectivity index (χ1v) is 8.76. The fourth-order valence-corrected chi connectivity index (χ4v) is 1.96. The van der Waals surface area contributed by atoms with Gasteiger partial charge in [0.05, 0.1) is 0 Å². The molecule has 160 valence electrons. The number of aliphatic carboxylic acids is 2. The summed E-state index contributed by atoms with van der Waals surface area (Å²) in [6.45, 7) is 12.2. The number of rotatable bonds is 12. The van der Waals surface area contributed by atoms with Crippen molar-refractivity contribution < 1.29 is 38.9 Å². The molecule has 0 unspecified atom stereocenters. The quantitative estimate of drug-likeness (QED) is 0.373. The van der Waals surface area contributed by atoms with E-state index in [0.29, 0.717) is 0 Å². The summed E-state index contributed by atoms with van der Waals surface area (Å²) >= 11 is 0. The summed E-state index contributed by atoms with van der Waals surface area (Å²) in [6.07, 6.45) is 2.94. The van der Waals surface area contributed by atoms with Crippen LogP contribution in [-0.2, 0) is 28.7 Å². The van der Waals surface area contributed by atoms with Crippen molar-refractivity contribution in [3.05, 3.63) is 47.6 Å². The zero-order valence-electron chi connectivity index (χ0n) is 17.2. The highest BCUT2D eigenvalue weighted by Gasteiger charge is 2.33. The van der Waals surface area contributed by atoms with E-state index in [1.54, 1.807) is 0 Å². The Morgan fingerprint density at radius 3 is 1.31 bits per heavy atom. The van der Waals surface area contributed by atoms with Crippen LogP contribution in [0.3, 0.4) is 0 Å². The molecule has 0 atom stereocenters. The zero-order valence-corrected chi connectivity index (χ0v) is 17.2. The predicted molar refractivity (Wildman–Crippen MR) is 106 cm³/mol. The Labute approximate surface area is 170 Å². The molecule has 0 spiro atoms. The van der Waals surface area contributed by atoms with E-state index in [2.05, 4.69) is 13.2 Å². The van der Waals surface area contributed by atoms with Gasteiger partial charge in [-0.3, -0.25) is 0 Å². The maximum atomic E-state index is 11.9. The fraction of sp³-hybridized carbons (Fsp3) is 0.429. The summed E-state index contributed by atoms with van der Waals surface area (Å²) in [5, 5.41) is 18.2. The van der Waals surface area contributed by atoms with Crippen molar-refractivity contribution >= 4 is 23.9 Å². The van der Waals surface area contributed by atoms with Crippen LogP contribution in [0.1, 0.15) is 40.5 Å². The molecule has 29 heavy (non-hydrogen) atoms. The van der Waals surface area contributed by atoms with Crippen molar-refractivity contribution in [2.45, 2.75) is 40.5 Å². The third-order valence-corrected chi connectivity index (χ3v) is 4.07. The molecule has 0 amide bonds. The minimum absolute atomic E-state index is 0.0470. The van der Waals surface area contributed by atoms with Crippen LogP contribution in [0.25, 0.3) is 0 Å². The monoisotopic (exact) mass is 408 g/mol. The first-order valence-electron chi connectivity index (χ1n) is 8.76. The van der Waals surface area contributed by atoms with Crippen LogP contribution >= 0.6 is 0 Å². The van der Waals surface area contributed by atoms with Gasteiger partial charge in [-0.15, -0.1) is 0 Å². The zero-order chi connectivity index (χ0) is 22.8. The fourth-order valence-electron chi connectivity index (χ4n) is 1.96. The van der Waals surface area contributed by atoms with Gasteiger partial charge in [0, 0.05) is 27.7 Å². The predicted octanol–water partition coefficient (Wildman–Crippen LogP) is 3.05. The average Bonchev–Trinajstić information content (AvgIpc) is 2.64. The summed E-state index contributed by atoms with van der Waals surface area (Å²) < 4.78 is 10.5. The highest BCUT2D eigenvalue weighted by molar-refractivity contribution is 5.88. The Hall–Kier alpha value is -3.16. The Bertz CT molecular complexity index is 691. The second-order valence-corrected chi connectivity index (χ2v) is 7.01. The summed E-state index contributed by atoms with van der Waals surface area (Å²) in [7, 11) is 0. The molecule has 8 heteroatoms. The highest BCUT2D eigenvalue weighted by atomic mass is 16.5. The van der Waals surface area contributed by atoms with Gasteiger partial charge in [0.25, 0.3) is 0 Å². The highest BCUT2D eigenvalue weighted by Crippen LogP contribution is 2.31. The lowest BCUT2D eigenvalue weighted by molar-refractivity contribution is -0.149. The number of esters is 2. The standard InChI is InChI=1S/C21H28O8/c1-13(2)19(26)28-11-21(9-7-15(5)17(22)23,10-8-16(6)18(24)25)12-29-20(27)14(3)4/h7-8H,1,3,9-12H2,2,4-6H3,(H,22,23)(H,24,25). The van der Waals surface area contributed by atoms with Gasteiger partial charge < -0.3 is 19.7 Å². The molecule has 8 nitrogen and oxygen atoms in total. The van der Waals surface area contributed by atoms with E-state index in [1.165, 1.54) is 39.8 Å². The molecule has 0 heterocycles. The number of carboxylic acids is 2. The molecule has 0 aromatic heterocycles. The molecular formula is C21H28O8. The third-order valence-electron chi connectivity index (χ3n) is 4.07. The molecule has 0 aliphatic rings. The van der Waals surface area contributed by atoms with Crippen molar-refractivity contribution in [1.29, 1.82) is 0 Å². The Morgan fingerprint density at radius 1 is 0.759 bits per heavy atom. The van der Waals surface area contributed by atoms with Gasteiger partial charge in [-0.25, -0.2) is 19.2 Å². The van der Waals surface area contributed by atoms with Crippen LogP contribution in [0.2, 0.25) is 0 Å². The summed E-state index contributed by atoms with van der Waals surface area (Å²) in [5.74, 6) is -3.60. The van der Waals surface area contributed by atoms with Crippen LogP contribution in [0.5, 0.6) is 0 Å². The van der Waals surface area contributed by atoms with Gasteiger partial charge in [0.1, 0.15) is 13.2 Å². The summed E-state index contributed by atoms with van der Waals surface area (Å²) in [4.78, 5) is 46.0. The number of hydrogen-bond acceptors (Lipinski definition) is 6. The molecule has 0 radical (unpaired) electrons. The number of allylic oxidation sites excluding steroid dienone is 2. The van der Waals surface area contributed by atoms with E-state index in [0.717, 1.165) is 0 Å². The number of ether oxygens (including phenoxy) is 2. The van der Waals surface area contributed by atoms with E-state index >= 15 is 0 Å². The third kappa shape index (κ3) is 9.55. The Morgan fingerprint density at radius 2 is 1.07 bits per heavy atom. The normalized spacial score (nSPS) is 12.1. The molecule has 0 aromatic carbocycles. The molecule has 0 aliphatic carbocycles. The largest absolute Gasteiger partial charge is 0.478 e. The van der Waals surface area contributed by atoms with Crippen molar-refractivity contribution in [2.24, 2.45) is 5.41 Å². The molecule has 0 rings (SSSR count). The first kappa shape index (κ1) is 25.8. The van der Waals surface area contributed by atoms with E-state index in [1.807, 2.05) is 0 Å². The van der Waals surface area contributed by atoms with E-state index in [-0.39, 0.29) is 48.3 Å². The van der Waals surface area contributed by atoms with Crippen molar-refractivity contribution in [3.8, 4) is 0 Å². The lowest BCUT2D eigenvalue weighted by Crippen LogP contribution is -2.34. The molecule has 0 saturated heterocycles. The van der Waals surface area contributed by atoms with Crippen LogP contribution in [-0.4, -0.2) is 47.3 Å². The summed E-state index contributed by atoms with van der Waals surface area (Å²) in [5.41, 5.74) is -0.667. The van der Waals surface area contributed by atoms with Gasteiger partial charge >= 0.3 is 23.9 Å². The number of hydrogen-bond donors (Lipinski definition) is 2. The van der Waals surface area contributed by atoms with Crippen molar-refractivity contribution in [3.63, 3.8) is 0 Å². The topological polar surface area (TPSA) is 127 Å². The van der Waals surface area contributed by atoms with Gasteiger partial charge in [0.2, 0.25) is 0 Å². The molecule has 0 aromatic rings. The maximum absolute atomic E-state index is 11.9. The van der Waals surface area contributed by atoms with E-state index < -0.39 is 29.3 Å². The van der Waals surface area contributed by atoms with Crippen LogP contribution in [0.4, 0.5) is 0 Å². The molecule has 0 saturated carbocycles. The maximum Gasteiger partial charge on any atom is 0.333 e. The number of carboxylic acid groups (broad SMARTS) is 2. The van der Waals surface area contributed by atoms with E-state index in [9.17, 15) is 19.2 Å². The minimum atomic E-state index is -1.13. The van der Waals surface area contributed by atoms with Gasteiger partial charge in [-0.2, -0.15) is 0 Å². The molecule has 0 bridgehead atoms. The van der Waals surface area contributed by atoms with E-state index in [4.69, 9.17) is 19.7 Å². The van der Waals surface area contributed by atoms with Crippen molar-refractivity contribution in [2.75, 3.05) is 13.2 Å².